The first-order chi connectivity index (χ1) is 5.88. The molecule has 0 fully saturated rings. The van der Waals surface area contributed by atoms with Crippen LogP contribution in [0.3, 0.4) is 0 Å². The summed E-state index contributed by atoms with van der Waals surface area (Å²) in [5.74, 6) is 0. The third kappa shape index (κ3) is 2.48. The van der Waals surface area contributed by atoms with Gasteiger partial charge >= 0.3 is 0 Å². The molecule has 68 valence electrons. The molecular weight excluding hydrogens is 174 g/mol. The monoisotopic (exact) mass is 187 g/mol. The topological polar surface area (TPSA) is 43.7 Å². The van der Waals surface area contributed by atoms with Gasteiger partial charge in [0.25, 0.3) is 0 Å². The first kappa shape index (κ1) is 9.51. The van der Waals surface area contributed by atoms with Crippen LogP contribution in [0, 0.1) is 0 Å². The van der Waals surface area contributed by atoms with Gasteiger partial charge in [0, 0.05) is 24.2 Å². The molecule has 3 nitrogen and oxygen atoms in total. The van der Waals surface area contributed by atoms with Gasteiger partial charge in [-0.25, -0.2) is 0 Å². The molecule has 0 atom stereocenters. The SMILES string of the molecule is OCCN(CCO)c1ccsc1. The number of aliphatic hydroxyl groups is 2. The minimum Gasteiger partial charge on any atom is -0.395 e. The lowest BCUT2D eigenvalue weighted by atomic mass is 10.4. The van der Waals surface area contributed by atoms with Crippen LogP contribution < -0.4 is 4.90 Å². The Morgan fingerprint density at radius 1 is 1.25 bits per heavy atom. The highest BCUT2D eigenvalue weighted by molar-refractivity contribution is 7.08. The van der Waals surface area contributed by atoms with E-state index in [0.717, 1.165) is 5.69 Å². The molecule has 1 aromatic heterocycles. The van der Waals surface area contributed by atoms with Gasteiger partial charge in [-0.3, -0.25) is 0 Å². The summed E-state index contributed by atoms with van der Waals surface area (Å²) < 4.78 is 0. The van der Waals surface area contributed by atoms with E-state index in [0.29, 0.717) is 13.1 Å². The molecule has 0 spiro atoms. The average molecular weight is 187 g/mol. The summed E-state index contributed by atoms with van der Waals surface area (Å²) >= 11 is 1.61. The van der Waals surface area contributed by atoms with E-state index in [9.17, 15) is 0 Å². The normalized spacial score (nSPS) is 10.2. The van der Waals surface area contributed by atoms with E-state index in [4.69, 9.17) is 10.2 Å². The maximum atomic E-state index is 8.74. The highest BCUT2D eigenvalue weighted by Crippen LogP contribution is 2.16. The molecule has 1 heterocycles. The van der Waals surface area contributed by atoms with Crippen LogP contribution in [0.15, 0.2) is 16.8 Å². The van der Waals surface area contributed by atoms with Crippen molar-refractivity contribution in [3.63, 3.8) is 0 Å². The maximum Gasteiger partial charge on any atom is 0.0606 e. The van der Waals surface area contributed by atoms with Crippen molar-refractivity contribution in [3.05, 3.63) is 16.8 Å². The van der Waals surface area contributed by atoms with Crippen LogP contribution >= 0.6 is 11.3 Å². The average Bonchev–Trinajstić information content (AvgIpc) is 2.56. The lowest BCUT2D eigenvalue weighted by Crippen LogP contribution is -2.29. The number of nitrogens with zero attached hydrogens (tertiary/aromatic N) is 1. The number of rotatable bonds is 5. The van der Waals surface area contributed by atoms with Gasteiger partial charge in [-0.15, -0.1) is 0 Å². The van der Waals surface area contributed by atoms with Crippen molar-refractivity contribution in [1.29, 1.82) is 0 Å². The van der Waals surface area contributed by atoms with E-state index in [1.165, 1.54) is 0 Å². The molecule has 0 radical (unpaired) electrons. The molecule has 0 bridgehead atoms. The molecule has 0 aliphatic rings. The quantitative estimate of drug-likeness (QED) is 0.707. The summed E-state index contributed by atoms with van der Waals surface area (Å²) in [6, 6.07) is 1.98. The Morgan fingerprint density at radius 2 is 1.92 bits per heavy atom. The zero-order valence-electron chi connectivity index (χ0n) is 6.81. The second-order valence-electron chi connectivity index (χ2n) is 2.42. The molecule has 0 amide bonds. The number of hydrogen-bond acceptors (Lipinski definition) is 4. The second kappa shape index (κ2) is 5.13. The highest BCUT2D eigenvalue weighted by atomic mass is 32.1. The molecule has 1 aromatic rings. The smallest absolute Gasteiger partial charge is 0.0606 e. The number of anilines is 1. The second-order valence-corrected chi connectivity index (χ2v) is 3.20. The van der Waals surface area contributed by atoms with E-state index in [1.54, 1.807) is 11.3 Å². The Balaban J connectivity index is 2.53. The first-order valence-electron chi connectivity index (χ1n) is 3.87. The fourth-order valence-electron chi connectivity index (χ4n) is 1.05. The standard InChI is InChI=1S/C8H13NO2S/c10-4-2-9(3-5-11)8-1-6-12-7-8/h1,6-7,10-11H,2-5H2. The van der Waals surface area contributed by atoms with Crippen molar-refractivity contribution in [2.45, 2.75) is 0 Å². The van der Waals surface area contributed by atoms with E-state index in [-0.39, 0.29) is 13.2 Å². The molecule has 12 heavy (non-hydrogen) atoms. The third-order valence-corrected chi connectivity index (χ3v) is 2.28. The number of thiophene rings is 1. The fraction of sp³-hybridized carbons (Fsp3) is 0.500. The van der Waals surface area contributed by atoms with Gasteiger partial charge in [-0.2, -0.15) is 11.3 Å². The van der Waals surface area contributed by atoms with Crippen molar-refractivity contribution in [3.8, 4) is 0 Å². The maximum absolute atomic E-state index is 8.74. The zero-order valence-corrected chi connectivity index (χ0v) is 7.63. The van der Waals surface area contributed by atoms with Gasteiger partial charge in [0.2, 0.25) is 0 Å². The minimum atomic E-state index is 0.121. The lowest BCUT2D eigenvalue weighted by molar-refractivity contribution is 0.281. The molecule has 0 unspecified atom stereocenters. The van der Waals surface area contributed by atoms with Crippen LogP contribution in [-0.4, -0.2) is 36.5 Å². The van der Waals surface area contributed by atoms with E-state index in [1.807, 2.05) is 21.7 Å². The molecule has 0 aliphatic heterocycles. The van der Waals surface area contributed by atoms with Crippen LogP contribution in [-0.2, 0) is 0 Å². The Hall–Kier alpha value is -0.580. The van der Waals surface area contributed by atoms with Crippen molar-refractivity contribution in [2.75, 3.05) is 31.2 Å². The van der Waals surface area contributed by atoms with Crippen molar-refractivity contribution < 1.29 is 10.2 Å². The summed E-state index contributed by atoms with van der Waals surface area (Å²) in [6.07, 6.45) is 0. The van der Waals surface area contributed by atoms with E-state index >= 15 is 0 Å². The number of hydrogen-bond donors (Lipinski definition) is 2. The molecule has 2 N–H and O–H groups in total. The molecule has 0 saturated heterocycles. The Bertz CT molecular complexity index is 195. The third-order valence-electron chi connectivity index (χ3n) is 1.61. The Kier molecular flexibility index (Phi) is 4.07. The van der Waals surface area contributed by atoms with Crippen LogP contribution in [0.25, 0.3) is 0 Å². The zero-order chi connectivity index (χ0) is 8.81. The Labute approximate surface area is 75.9 Å². The minimum absolute atomic E-state index is 0.121. The fourth-order valence-corrected chi connectivity index (χ4v) is 1.71. The van der Waals surface area contributed by atoms with E-state index in [2.05, 4.69) is 0 Å². The Morgan fingerprint density at radius 3 is 2.33 bits per heavy atom. The summed E-state index contributed by atoms with van der Waals surface area (Å²) in [5, 5.41) is 21.5. The first-order valence-corrected chi connectivity index (χ1v) is 4.81. The van der Waals surface area contributed by atoms with Gasteiger partial charge in [0.05, 0.1) is 13.2 Å². The van der Waals surface area contributed by atoms with Crippen molar-refractivity contribution in [1.82, 2.24) is 0 Å². The highest BCUT2D eigenvalue weighted by Gasteiger charge is 2.03. The number of aliphatic hydroxyl groups excluding tert-OH is 2. The van der Waals surface area contributed by atoms with Crippen LogP contribution in [0.5, 0.6) is 0 Å². The van der Waals surface area contributed by atoms with Gasteiger partial charge in [0.1, 0.15) is 0 Å². The molecule has 4 heteroatoms. The predicted molar refractivity (Wildman–Crippen MR) is 50.7 cm³/mol. The van der Waals surface area contributed by atoms with Crippen molar-refractivity contribution >= 4 is 17.0 Å². The van der Waals surface area contributed by atoms with Crippen LogP contribution in [0.4, 0.5) is 5.69 Å². The van der Waals surface area contributed by atoms with Crippen molar-refractivity contribution in [2.24, 2.45) is 0 Å². The van der Waals surface area contributed by atoms with Gasteiger partial charge in [-0.05, 0) is 11.4 Å². The largest absolute Gasteiger partial charge is 0.395 e. The van der Waals surface area contributed by atoms with Gasteiger partial charge in [0.15, 0.2) is 0 Å². The van der Waals surface area contributed by atoms with Crippen LogP contribution in [0.1, 0.15) is 0 Å². The molecule has 0 saturated carbocycles. The lowest BCUT2D eigenvalue weighted by Gasteiger charge is -2.20. The van der Waals surface area contributed by atoms with Gasteiger partial charge in [-0.1, -0.05) is 0 Å². The molecule has 0 aliphatic carbocycles. The van der Waals surface area contributed by atoms with Crippen LogP contribution in [0.2, 0.25) is 0 Å². The van der Waals surface area contributed by atoms with Gasteiger partial charge < -0.3 is 15.1 Å². The predicted octanol–water partition coefficient (Wildman–Crippen LogP) is 0.539. The molecular formula is C8H13NO2S. The summed E-state index contributed by atoms with van der Waals surface area (Å²) in [5.41, 5.74) is 1.07. The molecule has 1 rings (SSSR count). The van der Waals surface area contributed by atoms with E-state index < -0.39 is 0 Å². The summed E-state index contributed by atoms with van der Waals surface area (Å²) in [4.78, 5) is 1.95. The molecule has 0 aromatic carbocycles. The summed E-state index contributed by atoms with van der Waals surface area (Å²) in [7, 11) is 0. The summed E-state index contributed by atoms with van der Waals surface area (Å²) in [6.45, 7) is 1.40.